The topological polar surface area (TPSA) is 76.7 Å². The number of thiocarbonyl (C=S) groups is 1. The molecule has 0 unspecified atom stereocenters. The Morgan fingerprint density at radius 3 is 2.21 bits per heavy atom. The molecule has 0 amide bonds. The first-order valence-corrected chi connectivity index (χ1v) is 11.2. The van der Waals surface area contributed by atoms with E-state index in [1.807, 2.05) is 0 Å². The van der Waals surface area contributed by atoms with Crippen LogP contribution in [0.3, 0.4) is 0 Å². The van der Waals surface area contributed by atoms with Crippen LogP contribution in [0.1, 0.15) is 84.9 Å². The second-order valence-electron chi connectivity index (χ2n) is 6.35. The summed E-state index contributed by atoms with van der Waals surface area (Å²) in [5.41, 5.74) is 0.877. The Kier molecular flexibility index (Phi) is 11.7. The zero-order valence-electron chi connectivity index (χ0n) is 17.3. The number of ether oxygens (including phenoxy) is 2. The van der Waals surface area contributed by atoms with Crippen LogP contribution in [0.5, 0.6) is 0 Å². The van der Waals surface area contributed by atoms with Gasteiger partial charge < -0.3 is 20.1 Å². The lowest BCUT2D eigenvalue weighted by atomic mass is 10.1. The van der Waals surface area contributed by atoms with Gasteiger partial charge in [0.2, 0.25) is 0 Å². The van der Waals surface area contributed by atoms with Gasteiger partial charge in [-0.2, -0.15) is 0 Å². The minimum atomic E-state index is -0.479. The fourth-order valence-corrected chi connectivity index (χ4v) is 4.06. The Morgan fingerprint density at radius 2 is 1.57 bits per heavy atom. The summed E-state index contributed by atoms with van der Waals surface area (Å²) in [5, 5.41) is 7.14. The molecule has 1 rings (SSSR count). The summed E-state index contributed by atoms with van der Waals surface area (Å²) in [6.45, 7) is 8.69. The fourth-order valence-electron chi connectivity index (χ4n) is 2.70. The van der Waals surface area contributed by atoms with Crippen LogP contribution in [0.2, 0.25) is 0 Å². The average molecular weight is 429 g/mol. The molecule has 0 spiro atoms. The number of hydrogen-bond donors (Lipinski definition) is 2. The Balaban J connectivity index is 2.74. The largest absolute Gasteiger partial charge is 0.462 e. The molecule has 1 heterocycles. The van der Waals surface area contributed by atoms with E-state index in [0.29, 0.717) is 26.1 Å². The van der Waals surface area contributed by atoms with E-state index in [-0.39, 0.29) is 13.2 Å². The van der Waals surface area contributed by atoms with Gasteiger partial charge in [-0.05, 0) is 45.0 Å². The first kappa shape index (κ1) is 24.4. The zero-order chi connectivity index (χ0) is 20.9. The lowest BCUT2D eigenvalue weighted by molar-refractivity contribution is 0.0527. The van der Waals surface area contributed by atoms with Crippen LogP contribution in [0.25, 0.3) is 0 Å². The minimum Gasteiger partial charge on any atom is -0.462 e. The van der Waals surface area contributed by atoms with Gasteiger partial charge in [-0.15, -0.1) is 11.3 Å². The monoisotopic (exact) mass is 428 g/mol. The first-order valence-electron chi connectivity index (χ1n) is 9.98. The number of carbonyl (C=O) groups excluding carboxylic acids is 2. The predicted molar refractivity (Wildman–Crippen MR) is 119 cm³/mol. The molecular formula is C20H32N2O4S2. The molecule has 0 atom stereocenters. The van der Waals surface area contributed by atoms with Crippen molar-refractivity contribution in [2.45, 2.75) is 66.2 Å². The van der Waals surface area contributed by atoms with Crippen LogP contribution < -0.4 is 10.6 Å². The second kappa shape index (κ2) is 13.5. The molecule has 6 nitrogen and oxygen atoms in total. The van der Waals surface area contributed by atoms with Crippen molar-refractivity contribution in [3.05, 3.63) is 16.0 Å². The summed E-state index contributed by atoms with van der Waals surface area (Å²) in [6, 6.07) is 0. The summed E-state index contributed by atoms with van der Waals surface area (Å²) >= 11 is 6.51. The maximum absolute atomic E-state index is 12.4. The lowest BCUT2D eigenvalue weighted by Gasteiger charge is -2.11. The normalized spacial score (nSPS) is 10.4. The first-order chi connectivity index (χ1) is 13.5. The van der Waals surface area contributed by atoms with Crippen LogP contribution in [0, 0.1) is 6.92 Å². The Bertz CT molecular complexity index is 659. The molecule has 0 aliphatic rings. The van der Waals surface area contributed by atoms with Crippen molar-refractivity contribution in [1.29, 1.82) is 0 Å². The molecule has 0 saturated carbocycles. The van der Waals surface area contributed by atoms with Crippen molar-refractivity contribution in [3.63, 3.8) is 0 Å². The van der Waals surface area contributed by atoms with Crippen LogP contribution in [0.15, 0.2) is 0 Å². The Morgan fingerprint density at radius 1 is 0.964 bits per heavy atom. The van der Waals surface area contributed by atoms with Gasteiger partial charge in [-0.1, -0.05) is 39.0 Å². The van der Waals surface area contributed by atoms with Gasteiger partial charge in [-0.3, -0.25) is 0 Å². The van der Waals surface area contributed by atoms with Crippen molar-refractivity contribution in [2.75, 3.05) is 25.1 Å². The highest BCUT2D eigenvalue weighted by Crippen LogP contribution is 2.34. The van der Waals surface area contributed by atoms with Crippen molar-refractivity contribution >= 4 is 45.6 Å². The van der Waals surface area contributed by atoms with Crippen molar-refractivity contribution in [3.8, 4) is 0 Å². The van der Waals surface area contributed by atoms with Gasteiger partial charge in [0.25, 0.3) is 0 Å². The third kappa shape index (κ3) is 7.75. The van der Waals surface area contributed by atoms with Crippen LogP contribution in [-0.2, 0) is 9.47 Å². The van der Waals surface area contributed by atoms with E-state index in [9.17, 15) is 9.59 Å². The standard InChI is InChI=1S/C20H32N2O4S2/c1-5-8-9-10-11-12-13-21-20(27)22-17-15(18(23)25-6-2)14(4)16(28-17)19(24)26-7-3/h5-13H2,1-4H3,(H2,21,22,27). The number of hydrogen-bond acceptors (Lipinski definition) is 6. The third-order valence-electron chi connectivity index (χ3n) is 4.13. The second-order valence-corrected chi connectivity index (χ2v) is 7.78. The van der Waals surface area contributed by atoms with E-state index < -0.39 is 11.9 Å². The molecule has 0 aliphatic carbocycles. The molecule has 2 N–H and O–H groups in total. The van der Waals surface area contributed by atoms with E-state index in [4.69, 9.17) is 21.7 Å². The molecule has 0 fully saturated rings. The van der Waals surface area contributed by atoms with Crippen molar-refractivity contribution in [1.82, 2.24) is 5.32 Å². The molecule has 0 aromatic carbocycles. The van der Waals surface area contributed by atoms with Crippen LogP contribution >= 0.6 is 23.6 Å². The van der Waals surface area contributed by atoms with Crippen molar-refractivity contribution < 1.29 is 19.1 Å². The SMILES string of the molecule is CCCCCCCCNC(=S)Nc1sc(C(=O)OCC)c(C)c1C(=O)OCC. The Labute approximate surface area is 177 Å². The average Bonchev–Trinajstić information content (AvgIpc) is 2.97. The molecule has 1 aromatic heterocycles. The number of carbonyl (C=O) groups is 2. The molecule has 0 radical (unpaired) electrons. The molecule has 8 heteroatoms. The third-order valence-corrected chi connectivity index (χ3v) is 5.56. The van der Waals surface area contributed by atoms with Gasteiger partial charge in [0.05, 0.1) is 18.8 Å². The molecule has 1 aromatic rings. The molecule has 158 valence electrons. The van der Waals surface area contributed by atoms with Gasteiger partial charge in [0.1, 0.15) is 9.88 Å². The summed E-state index contributed by atoms with van der Waals surface area (Å²) < 4.78 is 10.2. The van der Waals surface area contributed by atoms with Gasteiger partial charge in [0, 0.05) is 6.54 Å². The summed E-state index contributed by atoms with van der Waals surface area (Å²) in [5.74, 6) is -0.928. The highest BCUT2D eigenvalue weighted by molar-refractivity contribution is 7.80. The van der Waals surface area contributed by atoms with Gasteiger partial charge >= 0.3 is 11.9 Å². The van der Waals surface area contributed by atoms with Gasteiger partial charge in [0.15, 0.2) is 5.11 Å². The van der Waals surface area contributed by atoms with Crippen molar-refractivity contribution in [2.24, 2.45) is 0 Å². The van der Waals surface area contributed by atoms with E-state index in [2.05, 4.69) is 17.6 Å². The van der Waals surface area contributed by atoms with E-state index in [1.54, 1.807) is 20.8 Å². The number of anilines is 1. The van der Waals surface area contributed by atoms with E-state index in [1.165, 1.54) is 25.7 Å². The molecule has 0 bridgehead atoms. The quantitative estimate of drug-likeness (QED) is 0.274. The number of unbranched alkanes of at least 4 members (excludes halogenated alkanes) is 5. The highest BCUT2D eigenvalue weighted by Gasteiger charge is 2.26. The minimum absolute atomic E-state index is 0.253. The fraction of sp³-hybridized carbons (Fsp3) is 0.650. The summed E-state index contributed by atoms with van der Waals surface area (Å²) in [4.78, 5) is 24.9. The number of rotatable bonds is 12. The van der Waals surface area contributed by atoms with Crippen LogP contribution in [0.4, 0.5) is 5.00 Å². The lowest BCUT2D eigenvalue weighted by Crippen LogP contribution is -2.29. The van der Waals surface area contributed by atoms with Crippen LogP contribution in [-0.4, -0.2) is 36.8 Å². The number of nitrogens with one attached hydrogen (secondary N) is 2. The molecule has 0 saturated heterocycles. The predicted octanol–water partition coefficient (Wildman–Crippen LogP) is 5.06. The summed E-state index contributed by atoms with van der Waals surface area (Å²) in [6.07, 6.45) is 7.22. The van der Waals surface area contributed by atoms with E-state index >= 15 is 0 Å². The number of thiophene rings is 1. The van der Waals surface area contributed by atoms with Gasteiger partial charge in [-0.25, -0.2) is 9.59 Å². The maximum atomic E-state index is 12.4. The maximum Gasteiger partial charge on any atom is 0.348 e. The Hall–Kier alpha value is -1.67. The zero-order valence-corrected chi connectivity index (χ0v) is 18.9. The molecule has 28 heavy (non-hydrogen) atoms. The molecule has 0 aliphatic heterocycles. The highest BCUT2D eigenvalue weighted by atomic mass is 32.1. The smallest absolute Gasteiger partial charge is 0.348 e. The molecular weight excluding hydrogens is 396 g/mol. The van der Waals surface area contributed by atoms with E-state index in [0.717, 1.165) is 30.7 Å². The summed E-state index contributed by atoms with van der Waals surface area (Å²) in [7, 11) is 0. The number of esters is 2.